The number of hydrogen-bond acceptors (Lipinski definition) is 3. The van der Waals surface area contributed by atoms with Crippen LogP contribution in [-0.2, 0) is 13.0 Å². The highest BCUT2D eigenvalue weighted by Gasteiger charge is 2.18. The maximum absolute atomic E-state index is 13.0. The first-order valence-electron chi connectivity index (χ1n) is 7.62. The van der Waals surface area contributed by atoms with Crippen LogP contribution in [0, 0.1) is 19.7 Å². The summed E-state index contributed by atoms with van der Waals surface area (Å²) in [6, 6.07) is 8.26. The average Bonchev–Trinajstić information content (AvgIpc) is 3.10. The molecular formula is C18H18FN3OS. The van der Waals surface area contributed by atoms with Gasteiger partial charge in [0.05, 0.1) is 22.0 Å². The molecule has 0 aliphatic carbocycles. The Labute approximate surface area is 143 Å². The van der Waals surface area contributed by atoms with Crippen molar-refractivity contribution in [3.8, 4) is 11.4 Å². The van der Waals surface area contributed by atoms with Crippen LogP contribution in [0.25, 0.3) is 11.4 Å². The Balaban J connectivity index is 1.95. The number of primary amides is 1. The zero-order chi connectivity index (χ0) is 17.3. The van der Waals surface area contributed by atoms with Crippen LogP contribution in [-0.4, -0.2) is 15.5 Å². The van der Waals surface area contributed by atoms with Crippen LogP contribution in [0.15, 0.2) is 35.7 Å². The Morgan fingerprint density at radius 1 is 1.29 bits per heavy atom. The molecule has 0 saturated heterocycles. The maximum atomic E-state index is 13.0. The van der Waals surface area contributed by atoms with E-state index < -0.39 is 5.91 Å². The van der Waals surface area contributed by atoms with Crippen molar-refractivity contribution < 1.29 is 9.18 Å². The minimum Gasteiger partial charge on any atom is -0.366 e. The monoisotopic (exact) mass is 343 g/mol. The number of nitrogens with two attached hydrogens (primary N) is 1. The Morgan fingerprint density at radius 3 is 2.58 bits per heavy atom. The minimum absolute atomic E-state index is 0.245. The van der Waals surface area contributed by atoms with E-state index >= 15 is 0 Å². The molecule has 0 fully saturated rings. The van der Waals surface area contributed by atoms with Crippen molar-refractivity contribution in [3.05, 3.63) is 63.4 Å². The summed E-state index contributed by atoms with van der Waals surface area (Å²) in [4.78, 5) is 16.2. The summed E-state index contributed by atoms with van der Waals surface area (Å²) < 4.78 is 15.1. The molecule has 0 unspecified atom stereocenters. The molecule has 0 atom stereocenters. The Bertz CT molecular complexity index is 880. The van der Waals surface area contributed by atoms with Gasteiger partial charge in [-0.3, -0.25) is 4.79 Å². The highest BCUT2D eigenvalue weighted by Crippen LogP contribution is 2.27. The summed E-state index contributed by atoms with van der Waals surface area (Å²) in [5.74, 6) is -0.688. The molecule has 0 spiro atoms. The van der Waals surface area contributed by atoms with Crippen LogP contribution in [0.2, 0.25) is 0 Å². The van der Waals surface area contributed by atoms with Gasteiger partial charge in [-0.15, -0.1) is 11.3 Å². The van der Waals surface area contributed by atoms with E-state index in [1.165, 1.54) is 12.1 Å². The fourth-order valence-corrected chi connectivity index (χ4v) is 3.37. The molecule has 2 heterocycles. The van der Waals surface area contributed by atoms with Gasteiger partial charge in [-0.1, -0.05) is 12.1 Å². The molecule has 0 saturated carbocycles. The van der Waals surface area contributed by atoms with Crippen LogP contribution >= 0.6 is 11.3 Å². The number of hydrogen-bond donors (Lipinski definition) is 1. The standard InChI is InChI=1S/C18H18FN3OS/c1-11-15(18(20)23)9-17(16-10-24-12(2)21-16)22(11)8-7-13-3-5-14(19)6-4-13/h3-6,9-10H,7-8H2,1-2H3,(H2,20,23). The van der Waals surface area contributed by atoms with E-state index in [0.29, 0.717) is 12.1 Å². The van der Waals surface area contributed by atoms with Gasteiger partial charge in [-0.2, -0.15) is 0 Å². The third kappa shape index (κ3) is 3.23. The predicted molar refractivity (Wildman–Crippen MR) is 93.6 cm³/mol. The number of amides is 1. The molecular weight excluding hydrogens is 325 g/mol. The van der Waals surface area contributed by atoms with Crippen LogP contribution in [0.5, 0.6) is 0 Å². The van der Waals surface area contributed by atoms with Gasteiger partial charge in [0.25, 0.3) is 5.91 Å². The fourth-order valence-electron chi connectivity index (χ4n) is 2.77. The topological polar surface area (TPSA) is 60.9 Å². The van der Waals surface area contributed by atoms with Crippen molar-refractivity contribution in [2.24, 2.45) is 5.73 Å². The Morgan fingerprint density at radius 2 is 2.00 bits per heavy atom. The highest BCUT2D eigenvalue weighted by molar-refractivity contribution is 7.09. The zero-order valence-electron chi connectivity index (χ0n) is 13.5. The zero-order valence-corrected chi connectivity index (χ0v) is 14.4. The molecule has 3 rings (SSSR count). The maximum Gasteiger partial charge on any atom is 0.250 e. The fraction of sp³-hybridized carbons (Fsp3) is 0.222. The molecule has 2 N–H and O–H groups in total. The average molecular weight is 343 g/mol. The SMILES string of the molecule is Cc1nc(-c2cc(C(N)=O)c(C)n2CCc2ccc(F)cc2)cs1. The molecule has 0 bridgehead atoms. The first-order chi connectivity index (χ1) is 11.5. The second-order valence-electron chi connectivity index (χ2n) is 5.67. The lowest BCUT2D eigenvalue weighted by molar-refractivity contribution is 0.0999. The van der Waals surface area contributed by atoms with Gasteiger partial charge in [0.2, 0.25) is 0 Å². The molecule has 1 aromatic carbocycles. The molecule has 0 aliphatic heterocycles. The van der Waals surface area contributed by atoms with E-state index in [2.05, 4.69) is 9.55 Å². The van der Waals surface area contributed by atoms with E-state index in [-0.39, 0.29) is 5.82 Å². The molecule has 4 nitrogen and oxygen atoms in total. The number of thiazole rings is 1. The summed E-state index contributed by atoms with van der Waals surface area (Å²) in [7, 11) is 0. The van der Waals surface area contributed by atoms with Gasteiger partial charge in [-0.05, 0) is 44.0 Å². The van der Waals surface area contributed by atoms with Gasteiger partial charge < -0.3 is 10.3 Å². The second kappa shape index (κ2) is 6.57. The number of aromatic nitrogens is 2. The normalized spacial score (nSPS) is 11.0. The van der Waals surface area contributed by atoms with Gasteiger partial charge in [0, 0.05) is 17.6 Å². The Kier molecular flexibility index (Phi) is 4.49. The summed E-state index contributed by atoms with van der Waals surface area (Å²) >= 11 is 1.57. The van der Waals surface area contributed by atoms with Crippen LogP contribution in [0.3, 0.4) is 0 Å². The lowest BCUT2D eigenvalue weighted by atomic mass is 10.1. The number of carbonyl (C=O) groups excluding carboxylic acids is 1. The minimum atomic E-state index is -0.443. The van der Waals surface area contributed by atoms with Gasteiger partial charge in [0.1, 0.15) is 5.82 Å². The number of benzene rings is 1. The van der Waals surface area contributed by atoms with E-state index in [9.17, 15) is 9.18 Å². The van der Waals surface area contributed by atoms with E-state index in [1.54, 1.807) is 29.5 Å². The lowest BCUT2D eigenvalue weighted by Crippen LogP contribution is -2.13. The summed E-state index contributed by atoms with van der Waals surface area (Å²) in [5.41, 5.74) is 9.58. The number of rotatable bonds is 5. The molecule has 3 aromatic rings. The molecule has 0 aliphatic rings. The van der Waals surface area contributed by atoms with Crippen molar-refractivity contribution in [1.29, 1.82) is 0 Å². The van der Waals surface area contributed by atoms with Crippen LogP contribution < -0.4 is 5.73 Å². The second-order valence-corrected chi connectivity index (χ2v) is 6.74. The van der Waals surface area contributed by atoms with Gasteiger partial charge in [0.15, 0.2) is 0 Å². The van der Waals surface area contributed by atoms with Crippen molar-refractivity contribution in [2.45, 2.75) is 26.8 Å². The molecule has 6 heteroatoms. The Hall–Kier alpha value is -2.47. The summed E-state index contributed by atoms with van der Waals surface area (Å²) in [5, 5.41) is 2.94. The molecule has 124 valence electrons. The smallest absolute Gasteiger partial charge is 0.250 e. The largest absolute Gasteiger partial charge is 0.366 e. The number of carbonyl (C=O) groups is 1. The third-order valence-electron chi connectivity index (χ3n) is 4.05. The van der Waals surface area contributed by atoms with Gasteiger partial charge in [-0.25, -0.2) is 9.37 Å². The number of halogens is 1. The van der Waals surface area contributed by atoms with Crippen molar-refractivity contribution in [1.82, 2.24) is 9.55 Å². The van der Waals surface area contributed by atoms with E-state index in [4.69, 9.17) is 5.73 Å². The highest BCUT2D eigenvalue weighted by atomic mass is 32.1. The molecule has 1 amide bonds. The lowest BCUT2D eigenvalue weighted by Gasteiger charge is -2.11. The van der Waals surface area contributed by atoms with Crippen molar-refractivity contribution in [2.75, 3.05) is 0 Å². The number of aryl methyl sites for hydroxylation is 2. The van der Waals surface area contributed by atoms with E-state index in [1.807, 2.05) is 19.2 Å². The first kappa shape index (κ1) is 16.4. The summed E-state index contributed by atoms with van der Waals surface area (Å²) in [6.07, 6.45) is 0.726. The van der Waals surface area contributed by atoms with Crippen molar-refractivity contribution >= 4 is 17.2 Å². The van der Waals surface area contributed by atoms with Crippen LogP contribution in [0.4, 0.5) is 4.39 Å². The van der Waals surface area contributed by atoms with Crippen LogP contribution in [0.1, 0.15) is 26.6 Å². The van der Waals surface area contributed by atoms with E-state index in [0.717, 1.165) is 34.1 Å². The molecule has 0 radical (unpaired) electrons. The summed E-state index contributed by atoms with van der Waals surface area (Å²) in [6.45, 7) is 4.49. The quantitative estimate of drug-likeness (QED) is 0.768. The number of nitrogens with zero attached hydrogens (tertiary/aromatic N) is 2. The molecule has 2 aromatic heterocycles. The first-order valence-corrected chi connectivity index (χ1v) is 8.50. The predicted octanol–water partition coefficient (Wildman–Crippen LogP) is 3.71. The third-order valence-corrected chi connectivity index (χ3v) is 4.82. The van der Waals surface area contributed by atoms with Gasteiger partial charge >= 0.3 is 0 Å². The van der Waals surface area contributed by atoms with Crippen molar-refractivity contribution in [3.63, 3.8) is 0 Å². The molecule has 24 heavy (non-hydrogen) atoms.